The van der Waals surface area contributed by atoms with Crippen molar-refractivity contribution < 1.29 is 14.3 Å². The van der Waals surface area contributed by atoms with Crippen LogP contribution in [-0.4, -0.2) is 44.0 Å². The minimum Gasteiger partial charge on any atom is -0.484 e. The number of aliphatic imine (C=N–C) groups is 1. The molecule has 5 nitrogen and oxygen atoms in total. The molecule has 0 bridgehead atoms. The maximum atomic E-state index is 10.7. The molecule has 1 fully saturated rings. The topological polar surface area (TPSA) is 59.9 Å². The molecule has 0 atom stereocenters. The normalized spacial score (nSPS) is 20.1. The molecular weight excluding hydrogens is 304 g/mol. The highest BCUT2D eigenvalue weighted by Crippen LogP contribution is 2.32. The Morgan fingerprint density at radius 2 is 2.05 bits per heavy atom. The second kappa shape index (κ2) is 6.67. The van der Waals surface area contributed by atoms with Crippen LogP contribution in [0.1, 0.15) is 18.4 Å². The van der Waals surface area contributed by atoms with Crippen LogP contribution in [0.5, 0.6) is 5.75 Å². The molecule has 2 heterocycles. The van der Waals surface area contributed by atoms with E-state index in [0.717, 1.165) is 50.5 Å². The van der Waals surface area contributed by atoms with Gasteiger partial charge in [-0.3, -0.25) is 9.79 Å². The number of hydrogen-bond donors (Lipinski definition) is 1. The fraction of sp³-hybridized carbons (Fsp3) is 0.500. The van der Waals surface area contributed by atoms with Gasteiger partial charge in [0.15, 0.2) is 6.61 Å². The maximum absolute atomic E-state index is 10.7. The molecule has 22 heavy (non-hydrogen) atoms. The van der Waals surface area contributed by atoms with E-state index in [1.54, 1.807) is 0 Å². The molecule has 0 amide bonds. The lowest BCUT2D eigenvalue weighted by Crippen LogP contribution is -2.47. The van der Waals surface area contributed by atoms with Crippen molar-refractivity contribution in [3.8, 4) is 5.75 Å². The number of rotatable bonds is 4. The van der Waals surface area contributed by atoms with Crippen molar-refractivity contribution in [3.63, 3.8) is 0 Å². The van der Waals surface area contributed by atoms with Crippen LogP contribution >= 0.6 is 11.6 Å². The molecule has 6 heteroatoms. The Morgan fingerprint density at radius 3 is 2.64 bits per heavy atom. The molecule has 1 aromatic carbocycles. The summed E-state index contributed by atoms with van der Waals surface area (Å²) in [5.41, 5.74) is 1.28. The predicted molar refractivity (Wildman–Crippen MR) is 84.7 cm³/mol. The van der Waals surface area contributed by atoms with Gasteiger partial charge in [0, 0.05) is 37.3 Å². The van der Waals surface area contributed by atoms with Crippen LogP contribution in [0.3, 0.4) is 0 Å². The SMILES string of the molecule is O=C(Cl)COc1ccc(C2=NCC3(CCOCC3)CN2)cc1. The number of carbonyl (C=O) groups excluding carboxylic acids is 1. The number of ether oxygens (including phenoxy) is 2. The highest BCUT2D eigenvalue weighted by atomic mass is 35.5. The van der Waals surface area contributed by atoms with E-state index in [-0.39, 0.29) is 12.0 Å². The molecule has 0 saturated carbocycles. The van der Waals surface area contributed by atoms with Gasteiger partial charge in [0.1, 0.15) is 11.6 Å². The van der Waals surface area contributed by atoms with Crippen LogP contribution in [0.4, 0.5) is 0 Å². The van der Waals surface area contributed by atoms with Gasteiger partial charge in [-0.15, -0.1) is 0 Å². The number of hydrogen-bond acceptors (Lipinski definition) is 5. The Hall–Kier alpha value is -1.59. The molecule has 118 valence electrons. The zero-order valence-corrected chi connectivity index (χ0v) is 13.1. The summed E-state index contributed by atoms with van der Waals surface area (Å²) in [4.78, 5) is 15.4. The average Bonchev–Trinajstić information content (AvgIpc) is 2.55. The number of benzene rings is 1. The molecule has 1 aromatic rings. The first-order valence-electron chi connectivity index (χ1n) is 7.45. The molecule has 1 saturated heterocycles. The van der Waals surface area contributed by atoms with Crippen LogP contribution in [0.2, 0.25) is 0 Å². The Morgan fingerprint density at radius 1 is 1.32 bits per heavy atom. The first kappa shape index (κ1) is 15.3. The van der Waals surface area contributed by atoms with Crippen LogP contribution in [0, 0.1) is 5.41 Å². The Labute approximate surface area is 134 Å². The highest BCUT2D eigenvalue weighted by Gasteiger charge is 2.35. The summed E-state index contributed by atoms with van der Waals surface area (Å²) in [7, 11) is 0. The van der Waals surface area contributed by atoms with Crippen molar-refractivity contribution in [2.75, 3.05) is 32.9 Å². The summed E-state index contributed by atoms with van der Waals surface area (Å²) in [6.45, 7) is 3.33. The first-order valence-corrected chi connectivity index (χ1v) is 7.82. The molecular formula is C16H19ClN2O3. The number of nitrogens with one attached hydrogen (secondary N) is 1. The highest BCUT2D eigenvalue weighted by molar-refractivity contribution is 6.63. The van der Waals surface area contributed by atoms with Gasteiger partial charge in [-0.2, -0.15) is 0 Å². The van der Waals surface area contributed by atoms with Gasteiger partial charge >= 0.3 is 0 Å². The van der Waals surface area contributed by atoms with Gasteiger partial charge in [0.05, 0.1) is 0 Å². The van der Waals surface area contributed by atoms with Crippen LogP contribution in [0.15, 0.2) is 29.3 Å². The lowest BCUT2D eigenvalue weighted by atomic mass is 9.79. The Balaban J connectivity index is 1.63. The van der Waals surface area contributed by atoms with Gasteiger partial charge < -0.3 is 14.8 Å². The minimum absolute atomic E-state index is 0.120. The van der Waals surface area contributed by atoms with Gasteiger partial charge in [-0.25, -0.2) is 0 Å². The third-order valence-electron chi connectivity index (χ3n) is 4.24. The Bertz CT molecular complexity index is 565. The quantitative estimate of drug-likeness (QED) is 0.861. The first-order chi connectivity index (χ1) is 10.7. The summed E-state index contributed by atoms with van der Waals surface area (Å²) in [6, 6.07) is 7.50. The Kier molecular flexibility index (Phi) is 4.64. The lowest BCUT2D eigenvalue weighted by Gasteiger charge is -2.39. The van der Waals surface area contributed by atoms with Crippen molar-refractivity contribution in [2.45, 2.75) is 12.8 Å². The fourth-order valence-corrected chi connectivity index (χ4v) is 2.87. The number of halogens is 1. The van der Waals surface area contributed by atoms with Crippen molar-refractivity contribution in [1.82, 2.24) is 5.32 Å². The smallest absolute Gasteiger partial charge is 0.259 e. The molecule has 2 aliphatic heterocycles. The average molecular weight is 323 g/mol. The third-order valence-corrected chi connectivity index (χ3v) is 4.35. The summed E-state index contributed by atoms with van der Waals surface area (Å²) in [6.07, 6.45) is 2.13. The van der Waals surface area contributed by atoms with E-state index in [0.29, 0.717) is 5.75 Å². The zero-order valence-electron chi connectivity index (χ0n) is 12.3. The lowest BCUT2D eigenvalue weighted by molar-refractivity contribution is -0.113. The fourth-order valence-electron chi connectivity index (χ4n) is 2.81. The van der Waals surface area contributed by atoms with E-state index >= 15 is 0 Å². The maximum Gasteiger partial charge on any atom is 0.259 e. The third kappa shape index (κ3) is 3.59. The summed E-state index contributed by atoms with van der Waals surface area (Å²) < 4.78 is 10.7. The van der Waals surface area contributed by atoms with Crippen LogP contribution < -0.4 is 10.1 Å². The monoisotopic (exact) mass is 322 g/mol. The summed E-state index contributed by atoms with van der Waals surface area (Å²) in [5.74, 6) is 1.53. The number of nitrogens with zero attached hydrogens (tertiary/aromatic N) is 1. The van der Waals surface area contributed by atoms with E-state index in [1.165, 1.54) is 0 Å². The second-order valence-electron chi connectivity index (χ2n) is 5.80. The molecule has 0 unspecified atom stereocenters. The number of amidine groups is 1. The molecule has 0 aromatic heterocycles. The predicted octanol–water partition coefficient (Wildman–Crippen LogP) is 1.98. The molecule has 2 aliphatic rings. The van der Waals surface area contributed by atoms with Gasteiger partial charge in [-0.1, -0.05) is 0 Å². The van der Waals surface area contributed by atoms with Crippen molar-refractivity contribution >= 4 is 22.7 Å². The standard InChI is InChI=1S/C16H19ClN2O3/c17-14(20)9-22-13-3-1-12(2-4-13)15-18-10-16(11-19-15)5-7-21-8-6-16/h1-4H,5-11H2,(H,18,19). The van der Waals surface area contributed by atoms with Gasteiger partial charge in [0.2, 0.25) is 0 Å². The van der Waals surface area contributed by atoms with E-state index in [9.17, 15) is 4.79 Å². The molecule has 0 radical (unpaired) electrons. The van der Waals surface area contributed by atoms with E-state index < -0.39 is 5.24 Å². The van der Waals surface area contributed by atoms with Gasteiger partial charge in [0.25, 0.3) is 5.24 Å². The number of carbonyl (C=O) groups is 1. The van der Waals surface area contributed by atoms with Crippen LogP contribution in [-0.2, 0) is 9.53 Å². The van der Waals surface area contributed by atoms with Crippen molar-refractivity contribution in [3.05, 3.63) is 29.8 Å². The van der Waals surface area contributed by atoms with E-state index in [4.69, 9.17) is 26.1 Å². The second-order valence-corrected chi connectivity index (χ2v) is 6.22. The van der Waals surface area contributed by atoms with Crippen LogP contribution in [0.25, 0.3) is 0 Å². The van der Waals surface area contributed by atoms with Crippen molar-refractivity contribution in [2.24, 2.45) is 10.4 Å². The summed E-state index contributed by atoms with van der Waals surface area (Å²) in [5, 5.41) is 2.93. The van der Waals surface area contributed by atoms with E-state index in [1.807, 2.05) is 24.3 Å². The van der Waals surface area contributed by atoms with Crippen molar-refractivity contribution in [1.29, 1.82) is 0 Å². The zero-order chi connectivity index (χ0) is 15.4. The molecule has 0 aliphatic carbocycles. The largest absolute Gasteiger partial charge is 0.484 e. The molecule has 1 spiro atoms. The van der Waals surface area contributed by atoms with Gasteiger partial charge in [-0.05, 0) is 48.7 Å². The minimum atomic E-state index is -0.510. The summed E-state index contributed by atoms with van der Waals surface area (Å²) >= 11 is 5.25. The molecule has 3 rings (SSSR count). The molecule has 1 N–H and O–H groups in total. The van der Waals surface area contributed by atoms with E-state index in [2.05, 4.69) is 5.32 Å².